The van der Waals surface area contributed by atoms with Crippen LogP contribution in [0.5, 0.6) is 5.75 Å². The molecule has 2 nitrogen and oxygen atoms in total. The first-order valence-corrected chi connectivity index (χ1v) is 7.41. The van der Waals surface area contributed by atoms with Gasteiger partial charge in [0.25, 0.3) is 0 Å². The van der Waals surface area contributed by atoms with E-state index in [1.165, 1.54) is 18.2 Å². The Bertz CT molecular complexity index is 737. The number of halogens is 3. The van der Waals surface area contributed by atoms with Crippen molar-refractivity contribution in [1.29, 1.82) is 0 Å². The van der Waals surface area contributed by atoms with Gasteiger partial charge in [-0.3, -0.25) is 0 Å². The zero-order valence-electron chi connectivity index (χ0n) is 12.8. The zero-order valence-corrected chi connectivity index (χ0v) is 12.8. The van der Waals surface area contributed by atoms with Crippen molar-refractivity contribution in [2.24, 2.45) is 5.92 Å². The van der Waals surface area contributed by atoms with E-state index in [1.54, 1.807) is 24.3 Å². The van der Waals surface area contributed by atoms with E-state index in [1.807, 2.05) is 13.8 Å². The molecule has 0 saturated heterocycles. The number of alkyl halides is 3. The van der Waals surface area contributed by atoms with Gasteiger partial charge in [0.15, 0.2) is 0 Å². The molecule has 0 amide bonds. The van der Waals surface area contributed by atoms with Crippen molar-refractivity contribution in [3.05, 3.63) is 53.6 Å². The fourth-order valence-corrected chi connectivity index (χ4v) is 2.89. The number of benzene rings is 2. The van der Waals surface area contributed by atoms with Crippen molar-refractivity contribution >= 4 is 0 Å². The molecule has 1 atom stereocenters. The Balaban J connectivity index is 2.15. The number of ether oxygens (including phenoxy) is 1. The molecule has 1 aliphatic rings. The van der Waals surface area contributed by atoms with Crippen LogP contribution in [0.25, 0.3) is 11.1 Å². The van der Waals surface area contributed by atoms with Gasteiger partial charge in [-0.05, 0) is 29.2 Å². The average Bonchev–Trinajstić information content (AvgIpc) is 2.76. The molecule has 1 aliphatic carbocycles. The second kappa shape index (κ2) is 5.27. The molecule has 122 valence electrons. The van der Waals surface area contributed by atoms with E-state index in [4.69, 9.17) is 4.74 Å². The van der Waals surface area contributed by atoms with Gasteiger partial charge >= 0.3 is 6.18 Å². The predicted molar refractivity (Wildman–Crippen MR) is 81.3 cm³/mol. The smallest absolute Gasteiger partial charge is 0.425 e. The molecular weight excluding hydrogens is 305 g/mol. The Hall–Kier alpha value is -2.01. The van der Waals surface area contributed by atoms with Gasteiger partial charge in [-0.2, -0.15) is 13.2 Å². The molecule has 5 heteroatoms. The molecule has 2 aromatic rings. The van der Waals surface area contributed by atoms with Crippen LogP contribution in [-0.2, 0) is 5.60 Å². The fourth-order valence-electron chi connectivity index (χ4n) is 2.89. The molecule has 0 bridgehead atoms. The van der Waals surface area contributed by atoms with Gasteiger partial charge in [0.1, 0.15) is 5.75 Å². The SMILES string of the molecule is CC(C)COc1ccc2c(c1)C(O)(C(F)(F)F)c1ccccc1-2. The largest absolute Gasteiger partial charge is 0.493 e. The zero-order chi connectivity index (χ0) is 16.8. The van der Waals surface area contributed by atoms with Gasteiger partial charge in [-0.15, -0.1) is 0 Å². The molecule has 3 rings (SSSR count). The minimum atomic E-state index is -4.81. The molecule has 2 aromatic carbocycles. The molecule has 0 radical (unpaired) electrons. The maximum absolute atomic E-state index is 13.7. The topological polar surface area (TPSA) is 29.5 Å². The lowest BCUT2D eigenvalue weighted by Gasteiger charge is -2.28. The van der Waals surface area contributed by atoms with Crippen molar-refractivity contribution in [1.82, 2.24) is 0 Å². The van der Waals surface area contributed by atoms with Crippen molar-refractivity contribution in [3.63, 3.8) is 0 Å². The molecule has 0 saturated carbocycles. The van der Waals surface area contributed by atoms with Gasteiger partial charge in [0, 0.05) is 11.1 Å². The number of aliphatic hydroxyl groups is 1. The summed E-state index contributed by atoms with van der Waals surface area (Å²) in [5.41, 5.74) is -2.53. The molecule has 0 heterocycles. The number of rotatable bonds is 3. The molecule has 0 spiro atoms. The second-order valence-corrected chi connectivity index (χ2v) is 6.17. The van der Waals surface area contributed by atoms with E-state index in [2.05, 4.69) is 0 Å². The third kappa shape index (κ3) is 2.39. The van der Waals surface area contributed by atoms with E-state index >= 15 is 0 Å². The van der Waals surface area contributed by atoms with Gasteiger partial charge in [0.2, 0.25) is 5.60 Å². The molecule has 1 N–H and O–H groups in total. The van der Waals surface area contributed by atoms with Crippen LogP contribution in [0.3, 0.4) is 0 Å². The maximum atomic E-state index is 13.7. The maximum Gasteiger partial charge on any atom is 0.425 e. The summed E-state index contributed by atoms with van der Waals surface area (Å²) in [6.07, 6.45) is -4.81. The van der Waals surface area contributed by atoms with Crippen LogP contribution >= 0.6 is 0 Å². The van der Waals surface area contributed by atoms with E-state index < -0.39 is 11.8 Å². The Morgan fingerprint density at radius 2 is 1.70 bits per heavy atom. The molecule has 0 aromatic heterocycles. The minimum Gasteiger partial charge on any atom is -0.493 e. The normalized spacial score (nSPS) is 19.6. The predicted octanol–water partition coefficient (Wildman–Crippen LogP) is 4.50. The third-order valence-electron chi connectivity index (χ3n) is 3.98. The molecule has 1 unspecified atom stereocenters. The molecule has 0 fully saturated rings. The summed E-state index contributed by atoms with van der Waals surface area (Å²) in [6, 6.07) is 10.6. The lowest BCUT2D eigenvalue weighted by atomic mass is 9.90. The summed E-state index contributed by atoms with van der Waals surface area (Å²) >= 11 is 0. The van der Waals surface area contributed by atoms with E-state index in [-0.39, 0.29) is 17.0 Å². The monoisotopic (exact) mass is 322 g/mol. The highest BCUT2D eigenvalue weighted by atomic mass is 19.4. The highest BCUT2D eigenvalue weighted by molar-refractivity contribution is 5.81. The van der Waals surface area contributed by atoms with Crippen LogP contribution in [0.1, 0.15) is 25.0 Å². The van der Waals surface area contributed by atoms with Crippen LogP contribution in [0.2, 0.25) is 0 Å². The fraction of sp³-hybridized carbons (Fsp3) is 0.333. The van der Waals surface area contributed by atoms with Crippen molar-refractivity contribution in [2.45, 2.75) is 25.6 Å². The Morgan fingerprint density at radius 3 is 2.35 bits per heavy atom. The first-order valence-electron chi connectivity index (χ1n) is 7.41. The lowest BCUT2D eigenvalue weighted by molar-refractivity contribution is -0.246. The van der Waals surface area contributed by atoms with Crippen molar-refractivity contribution in [3.8, 4) is 16.9 Å². The number of fused-ring (bicyclic) bond motifs is 3. The molecule has 0 aliphatic heterocycles. The lowest BCUT2D eigenvalue weighted by Crippen LogP contribution is -2.41. The summed E-state index contributed by atoms with van der Waals surface area (Å²) in [4.78, 5) is 0. The van der Waals surface area contributed by atoms with Crippen LogP contribution in [0.4, 0.5) is 13.2 Å². The summed E-state index contributed by atoms with van der Waals surface area (Å²) in [5.74, 6) is 0.579. The van der Waals surface area contributed by atoms with Gasteiger partial charge in [-0.25, -0.2) is 0 Å². The van der Waals surface area contributed by atoms with Crippen LogP contribution in [0, 0.1) is 5.92 Å². The standard InChI is InChI=1S/C18H17F3O2/c1-11(2)10-23-12-7-8-14-13-5-3-4-6-15(13)17(22,16(14)9-12)18(19,20)21/h3-9,11,22H,10H2,1-2H3. The van der Waals surface area contributed by atoms with Crippen molar-refractivity contribution in [2.75, 3.05) is 6.61 Å². The summed E-state index contributed by atoms with van der Waals surface area (Å²) in [6.45, 7) is 4.31. The van der Waals surface area contributed by atoms with E-state index in [0.29, 0.717) is 23.5 Å². The summed E-state index contributed by atoms with van der Waals surface area (Å²) < 4.78 is 46.5. The summed E-state index contributed by atoms with van der Waals surface area (Å²) in [7, 11) is 0. The summed E-state index contributed by atoms with van der Waals surface area (Å²) in [5, 5.41) is 10.6. The van der Waals surface area contributed by atoms with Gasteiger partial charge < -0.3 is 9.84 Å². The van der Waals surface area contributed by atoms with Crippen LogP contribution < -0.4 is 4.74 Å². The Kier molecular flexibility index (Phi) is 3.64. The molecule has 23 heavy (non-hydrogen) atoms. The third-order valence-corrected chi connectivity index (χ3v) is 3.98. The minimum absolute atomic E-state index is 0.136. The van der Waals surface area contributed by atoms with Gasteiger partial charge in [-0.1, -0.05) is 44.2 Å². The Morgan fingerprint density at radius 1 is 1.04 bits per heavy atom. The van der Waals surface area contributed by atoms with Crippen molar-refractivity contribution < 1.29 is 23.0 Å². The highest BCUT2D eigenvalue weighted by Gasteiger charge is 2.60. The average molecular weight is 322 g/mol. The Labute approximate surface area is 132 Å². The van der Waals surface area contributed by atoms with Crippen LogP contribution in [-0.4, -0.2) is 17.9 Å². The number of hydrogen-bond acceptors (Lipinski definition) is 2. The highest BCUT2D eigenvalue weighted by Crippen LogP contribution is 2.55. The molecular formula is C18H17F3O2. The second-order valence-electron chi connectivity index (χ2n) is 6.17. The van der Waals surface area contributed by atoms with Crippen LogP contribution in [0.15, 0.2) is 42.5 Å². The first-order chi connectivity index (χ1) is 10.7. The quantitative estimate of drug-likeness (QED) is 0.901. The number of hydrogen-bond donors (Lipinski definition) is 1. The first kappa shape index (κ1) is 15.9. The van der Waals surface area contributed by atoms with E-state index in [9.17, 15) is 18.3 Å². The van der Waals surface area contributed by atoms with Gasteiger partial charge in [0.05, 0.1) is 6.61 Å². The van der Waals surface area contributed by atoms with E-state index in [0.717, 1.165) is 0 Å².